The molecule has 1 aromatic carbocycles. The number of rotatable bonds is 6. The number of aromatic nitrogens is 1. The van der Waals surface area contributed by atoms with Gasteiger partial charge >= 0.3 is 0 Å². The molecular formula is C18H19NO3. The lowest BCUT2D eigenvalue weighted by molar-refractivity contribution is -0.0545. The van der Waals surface area contributed by atoms with Crippen LogP contribution in [0, 0.1) is 5.92 Å². The smallest absolute Gasteiger partial charge is 0.184 e. The Morgan fingerprint density at radius 1 is 1.09 bits per heavy atom. The van der Waals surface area contributed by atoms with Crippen molar-refractivity contribution in [1.29, 1.82) is 0 Å². The lowest BCUT2D eigenvalue weighted by atomic mass is 9.90. The average Bonchev–Trinajstić information content (AvgIpc) is 3.08. The quantitative estimate of drug-likeness (QED) is 0.769. The van der Waals surface area contributed by atoms with Crippen molar-refractivity contribution >= 4 is 5.78 Å². The number of pyridine rings is 1. The number of benzene rings is 1. The van der Waals surface area contributed by atoms with Gasteiger partial charge in [-0.25, -0.2) is 0 Å². The Kier molecular flexibility index (Phi) is 4.93. The lowest BCUT2D eigenvalue weighted by Gasteiger charge is -2.18. The number of ether oxygens (including phenoxy) is 2. The maximum Gasteiger partial charge on any atom is 0.184 e. The van der Waals surface area contributed by atoms with E-state index >= 15 is 0 Å². The first-order chi connectivity index (χ1) is 10.8. The molecule has 0 amide bonds. The van der Waals surface area contributed by atoms with E-state index in [1.165, 1.54) is 0 Å². The second kappa shape index (κ2) is 7.29. The minimum Gasteiger partial charge on any atom is -0.350 e. The molecule has 2 heterocycles. The van der Waals surface area contributed by atoms with Crippen LogP contribution in [-0.4, -0.2) is 30.3 Å². The highest BCUT2D eigenvalue weighted by molar-refractivity contribution is 5.96. The molecule has 0 radical (unpaired) electrons. The van der Waals surface area contributed by atoms with Crippen LogP contribution in [0.4, 0.5) is 0 Å². The van der Waals surface area contributed by atoms with Gasteiger partial charge in [-0.1, -0.05) is 36.4 Å². The van der Waals surface area contributed by atoms with E-state index in [1.54, 1.807) is 12.3 Å². The van der Waals surface area contributed by atoms with Crippen LogP contribution in [0.2, 0.25) is 0 Å². The number of hydrogen-bond donors (Lipinski definition) is 0. The molecule has 3 rings (SSSR count). The molecule has 1 aliphatic rings. The number of nitrogens with zero attached hydrogens (tertiary/aromatic N) is 1. The monoisotopic (exact) mass is 297 g/mol. The lowest BCUT2D eigenvalue weighted by Crippen LogP contribution is -2.24. The molecule has 0 N–H and O–H groups in total. The molecule has 4 heteroatoms. The Labute approximate surface area is 130 Å². The number of carbonyl (C=O) groups is 1. The van der Waals surface area contributed by atoms with Crippen molar-refractivity contribution in [3.05, 3.63) is 66.0 Å². The van der Waals surface area contributed by atoms with Gasteiger partial charge in [-0.3, -0.25) is 9.78 Å². The maximum absolute atomic E-state index is 12.8. The van der Waals surface area contributed by atoms with Gasteiger partial charge in [-0.15, -0.1) is 0 Å². The van der Waals surface area contributed by atoms with Crippen molar-refractivity contribution in [2.75, 3.05) is 13.2 Å². The fraction of sp³-hybridized carbons (Fsp3) is 0.333. The van der Waals surface area contributed by atoms with Crippen molar-refractivity contribution in [2.45, 2.75) is 19.1 Å². The van der Waals surface area contributed by atoms with Gasteiger partial charge in [0.25, 0.3) is 0 Å². The first-order valence-corrected chi connectivity index (χ1v) is 7.55. The Balaban J connectivity index is 1.77. The van der Waals surface area contributed by atoms with Crippen molar-refractivity contribution in [3.8, 4) is 0 Å². The third-order valence-electron chi connectivity index (χ3n) is 3.78. The number of Topliss-reactive ketones (excluding diaryl/α,β-unsaturated/α-hetero) is 1. The molecule has 1 unspecified atom stereocenters. The second-order valence-corrected chi connectivity index (χ2v) is 5.37. The molecule has 1 fully saturated rings. The van der Waals surface area contributed by atoms with Crippen molar-refractivity contribution in [3.63, 3.8) is 0 Å². The van der Waals surface area contributed by atoms with E-state index in [2.05, 4.69) is 4.98 Å². The zero-order valence-corrected chi connectivity index (χ0v) is 12.4. The number of hydrogen-bond acceptors (Lipinski definition) is 4. The topological polar surface area (TPSA) is 48.4 Å². The Morgan fingerprint density at radius 2 is 1.82 bits per heavy atom. The van der Waals surface area contributed by atoms with E-state index in [0.717, 1.165) is 5.56 Å². The van der Waals surface area contributed by atoms with E-state index in [1.807, 2.05) is 42.5 Å². The highest BCUT2D eigenvalue weighted by atomic mass is 16.7. The van der Waals surface area contributed by atoms with Crippen molar-refractivity contribution in [2.24, 2.45) is 5.92 Å². The Hall–Kier alpha value is -2.04. The summed E-state index contributed by atoms with van der Waals surface area (Å²) in [5, 5.41) is 0. The van der Waals surface area contributed by atoms with Crippen molar-refractivity contribution < 1.29 is 14.3 Å². The molecule has 0 bridgehead atoms. The molecule has 1 aliphatic heterocycles. The fourth-order valence-electron chi connectivity index (χ4n) is 2.67. The zero-order valence-electron chi connectivity index (χ0n) is 12.4. The number of ketones is 1. The minimum absolute atomic E-state index is 0.0450. The molecule has 4 nitrogen and oxygen atoms in total. The van der Waals surface area contributed by atoms with Crippen LogP contribution >= 0.6 is 0 Å². The third kappa shape index (κ3) is 3.78. The van der Waals surface area contributed by atoms with E-state index in [-0.39, 0.29) is 18.0 Å². The highest BCUT2D eigenvalue weighted by Crippen LogP contribution is 2.22. The predicted octanol–water partition coefficient (Wildman–Crippen LogP) is 2.89. The molecule has 2 aromatic rings. The van der Waals surface area contributed by atoms with Crippen LogP contribution < -0.4 is 0 Å². The molecule has 22 heavy (non-hydrogen) atoms. The summed E-state index contributed by atoms with van der Waals surface area (Å²) in [4.78, 5) is 16.9. The largest absolute Gasteiger partial charge is 0.350 e. The van der Waals surface area contributed by atoms with E-state index in [4.69, 9.17) is 9.47 Å². The molecule has 1 saturated heterocycles. The van der Waals surface area contributed by atoms with Crippen LogP contribution in [0.3, 0.4) is 0 Å². The Bertz CT molecular complexity index is 594. The molecule has 114 valence electrons. The summed E-state index contributed by atoms with van der Waals surface area (Å²) in [6.45, 7) is 1.20. The predicted molar refractivity (Wildman–Crippen MR) is 82.5 cm³/mol. The summed E-state index contributed by atoms with van der Waals surface area (Å²) in [6.07, 6.45) is 2.58. The minimum atomic E-state index is -0.290. The SMILES string of the molecule is O=C(c1ccccn1)C(Cc1ccccc1)CC1OCCO1. The van der Waals surface area contributed by atoms with Gasteiger partial charge in [0.1, 0.15) is 5.69 Å². The first-order valence-electron chi connectivity index (χ1n) is 7.55. The van der Waals surface area contributed by atoms with Crippen LogP contribution in [0.15, 0.2) is 54.7 Å². The molecule has 0 spiro atoms. The molecular weight excluding hydrogens is 278 g/mol. The van der Waals surface area contributed by atoms with Crippen LogP contribution in [-0.2, 0) is 15.9 Å². The van der Waals surface area contributed by atoms with Gasteiger partial charge in [0.15, 0.2) is 12.1 Å². The van der Waals surface area contributed by atoms with Gasteiger partial charge in [0.05, 0.1) is 13.2 Å². The zero-order chi connectivity index (χ0) is 15.2. The third-order valence-corrected chi connectivity index (χ3v) is 3.78. The summed E-state index contributed by atoms with van der Waals surface area (Å²) >= 11 is 0. The molecule has 1 atom stereocenters. The first kappa shape index (κ1) is 14.9. The van der Waals surface area contributed by atoms with Gasteiger partial charge < -0.3 is 9.47 Å². The number of carbonyl (C=O) groups excluding carboxylic acids is 1. The van der Waals surface area contributed by atoms with Crippen LogP contribution in [0.1, 0.15) is 22.5 Å². The van der Waals surface area contributed by atoms with Gasteiger partial charge in [-0.2, -0.15) is 0 Å². The van der Waals surface area contributed by atoms with Gasteiger partial charge in [0, 0.05) is 18.5 Å². The summed E-state index contributed by atoms with van der Waals surface area (Å²) in [5.74, 6) is -0.149. The van der Waals surface area contributed by atoms with Crippen LogP contribution in [0.25, 0.3) is 0 Å². The normalized spacial score (nSPS) is 16.5. The second-order valence-electron chi connectivity index (χ2n) is 5.37. The maximum atomic E-state index is 12.8. The Morgan fingerprint density at radius 3 is 2.50 bits per heavy atom. The van der Waals surface area contributed by atoms with Crippen molar-refractivity contribution in [1.82, 2.24) is 4.98 Å². The standard InChI is InChI=1S/C18H19NO3/c20-18(16-8-4-5-9-19-16)15(13-17-21-10-11-22-17)12-14-6-2-1-3-7-14/h1-9,15,17H,10-13H2. The summed E-state index contributed by atoms with van der Waals surface area (Å²) in [7, 11) is 0. The van der Waals surface area contributed by atoms with Crippen LogP contribution in [0.5, 0.6) is 0 Å². The summed E-state index contributed by atoms with van der Waals surface area (Å²) in [5.41, 5.74) is 1.64. The average molecular weight is 297 g/mol. The van der Waals surface area contributed by atoms with Gasteiger partial charge in [-0.05, 0) is 24.1 Å². The molecule has 1 aromatic heterocycles. The van der Waals surface area contributed by atoms with E-state index in [0.29, 0.717) is 31.7 Å². The fourth-order valence-corrected chi connectivity index (χ4v) is 2.67. The van der Waals surface area contributed by atoms with E-state index < -0.39 is 0 Å². The summed E-state index contributed by atoms with van der Waals surface area (Å²) < 4.78 is 11.0. The van der Waals surface area contributed by atoms with E-state index in [9.17, 15) is 4.79 Å². The summed E-state index contributed by atoms with van der Waals surface area (Å²) in [6, 6.07) is 15.4. The molecule has 0 saturated carbocycles. The van der Waals surface area contributed by atoms with Gasteiger partial charge in [0.2, 0.25) is 0 Å². The molecule has 0 aliphatic carbocycles. The highest BCUT2D eigenvalue weighted by Gasteiger charge is 2.28.